The lowest BCUT2D eigenvalue weighted by molar-refractivity contribution is 0.0448. The Morgan fingerprint density at radius 3 is 2.56 bits per heavy atom. The van der Waals surface area contributed by atoms with Crippen LogP contribution in [0, 0.1) is 5.92 Å². The second-order valence-corrected chi connectivity index (χ2v) is 7.68. The average Bonchev–Trinajstić information content (AvgIpc) is 3.17. The number of carbonyl (C=O) groups is 1. The monoisotopic (exact) mass is 365 g/mol. The van der Waals surface area contributed by atoms with E-state index in [0.29, 0.717) is 18.2 Å². The number of pyridine rings is 1. The molecule has 1 amide bonds. The number of ether oxygens (including phenoxy) is 1. The molecule has 1 atom stereocenters. The molecule has 2 aliphatic rings. The van der Waals surface area contributed by atoms with Crippen LogP contribution in [-0.4, -0.2) is 41.6 Å². The number of nitrogens with two attached hydrogens (primary N) is 1. The van der Waals surface area contributed by atoms with Crippen molar-refractivity contribution in [3.05, 3.63) is 48.3 Å². The molecule has 2 heterocycles. The highest BCUT2D eigenvalue weighted by atomic mass is 16.5. The van der Waals surface area contributed by atoms with Crippen LogP contribution in [-0.2, 0) is 4.74 Å². The van der Waals surface area contributed by atoms with E-state index in [1.807, 2.05) is 29.2 Å². The van der Waals surface area contributed by atoms with E-state index in [2.05, 4.69) is 4.98 Å². The Labute approximate surface area is 160 Å². The summed E-state index contributed by atoms with van der Waals surface area (Å²) in [6, 6.07) is 9.49. The Kier molecular flexibility index (Phi) is 5.39. The summed E-state index contributed by atoms with van der Waals surface area (Å²) >= 11 is 0. The first-order valence-electron chi connectivity index (χ1n) is 9.91. The Hall–Kier alpha value is -2.40. The number of nitrogen functional groups attached to an aromatic ring is 1. The Balaban J connectivity index is 1.50. The number of hydrogen-bond donors (Lipinski definition) is 1. The highest BCUT2D eigenvalue weighted by molar-refractivity contribution is 5.95. The highest BCUT2D eigenvalue weighted by Gasteiger charge is 2.28. The van der Waals surface area contributed by atoms with Crippen LogP contribution in [0.1, 0.15) is 42.5 Å². The molecule has 0 unspecified atom stereocenters. The van der Waals surface area contributed by atoms with Gasteiger partial charge in [-0.05, 0) is 55.4 Å². The van der Waals surface area contributed by atoms with Crippen LogP contribution in [0.25, 0.3) is 11.1 Å². The topological polar surface area (TPSA) is 68.5 Å². The Morgan fingerprint density at radius 2 is 1.93 bits per heavy atom. The first kappa shape index (κ1) is 18.0. The zero-order valence-corrected chi connectivity index (χ0v) is 15.6. The molecule has 5 nitrogen and oxygen atoms in total. The molecule has 142 valence electrons. The second-order valence-electron chi connectivity index (χ2n) is 7.68. The van der Waals surface area contributed by atoms with Gasteiger partial charge in [0.25, 0.3) is 5.91 Å². The molecule has 2 fully saturated rings. The largest absolute Gasteiger partial charge is 0.398 e. The van der Waals surface area contributed by atoms with Crippen LogP contribution < -0.4 is 5.73 Å². The van der Waals surface area contributed by atoms with Crippen LogP contribution in [0.3, 0.4) is 0 Å². The number of carbonyl (C=O) groups excluding carboxylic acids is 1. The van der Waals surface area contributed by atoms with Crippen molar-refractivity contribution in [2.45, 2.75) is 38.2 Å². The van der Waals surface area contributed by atoms with Crippen LogP contribution in [0.5, 0.6) is 0 Å². The minimum atomic E-state index is 0.100. The van der Waals surface area contributed by atoms with Gasteiger partial charge in [-0.2, -0.15) is 0 Å². The summed E-state index contributed by atoms with van der Waals surface area (Å²) in [6.07, 6.45) is 9.51. The molecule has 0 bridgehead atoms. The quantitative estimate of drug-likeness (QED) is 0.846. The zero-order chi connectivity index (χ0) is 18.6. The van der Waals surface area contributed by atoms with Crippen molar-refractivity contribution in [2.75, 3.05) is 25.4 Å². The van der Waals surface area contributed by atoms with Gasteiger partial charge in [0, 0.05) is 48.9 Å². The SMILES string of the molecule is Nc1ccncc1-c1ccc(C(=O)N(CC2CCC2)C[C@@H]2CCCO2)cc1. The summed E-state index contributed by atoms with van der Waals surface area (Å²) in [7, 11) is 0. The van der Waals surface area contributed by atoms with Crippen molar-refractivity contribution in [1.82, 2.24) is 9.88 Å². The van der Waals surface area contributed by atoms with Gasteiger partial charge in [0.05, 0.1) is 6.10 Å². The van der Waals surface area contributed by atoms with E-state index >= 15 is 0 Å². The molecular formula is C22H27N3O2. The summed E-state index contributed by atoms with van der Waals surface area (Å²) in [5.41, 5.74) is 9.31. The minimum absolute atomic E-state index is 0.100. The third kappa shape index (κ3) is 4.14. The fourth-order valence-corrected chi connectivity index (χ4v) is 3.88. The van der Waals surface area contributed by atoms with Crippen molar-refractivity contribution >= 4 is 11.6 Å². The number of benzene rings is 1. The molecule has 1 aliphatic carbocycles. The number of anilines is 1. The molecule has 27 heavy (non-hydrogen) atoms. The summed E-state index contributed by atoms with van der Waals surface area (Å²) in [6.45, 7) is 2.36. The molecule has 0 radical (unpaired) electrons. The second kappa shape index (κ2) is 8.09. The number of hydrogen-bond acceptors (Lipinski definition) is 4. The first-order chi connectivity index (χ1) is 13.2. The van der Waals surface area contributed by atoms with Gasteiger partial charge in [0.15, 0.2) is 0 Å². The van der Waals surface area contributed by atoms with Crippen molar-refractivity contribution in [3.63, 3.8) is 0 Å². The third-order valence-corrected chi connectivity index (χ3v) is 5.74. The maximum atomic E-state index is 13.2. The molecule has 5 heteroatoms. The van der Waals surface area contributed by atoms with Crippen LogP contribution in [0.15, 0.2) is 42.7 Å². The van der Waals surface area contributed by atoms with Crippen LogP contribution in [0.4, 0.5) is 5.69 Å². The molecule has 2 aromatic rings. The predicted octanol–water partition coefficient (Wildman–Crippen LogP) is 3.75. The fourth-order valence-electron chi connectivity index (χ4n) is 3.88. The standard InChI is InChI=1S/C22H27N3O2/c23-21-10-11-24-13-20(21)17-6-8-18(9-7-17)22(26)25(14-16-3-1-4-16)15-19-5-2-12-27-19/h6-11,13,16,19H,1-5,12,14-15H2,(H2,23,24)/t19-/m0/s1. The van der Waals surface area contributed by atoms with Crippen LogP contribution in [0.2, 0.25) is 0 Å². The summed E-state index contributed by atoms with van der Waals surface area (Å²) in [4.78, 5) is 19.3. The molecule has 4 rings (SSSR count). The van der Waals surface area contributed by atoms with E-state index in [1.54, 1.807) is 18.5 Å². The first-order valence-corrected chi connectivity index (χ1v) is 9.91. The van der Waals surface area contributed by atoms with Crippen molar-refractivity contribution in [1.29, 1.82) is 0 Å². The third-order valence-electron chi connectivity index (χ3n) is 5.74. The molecule has 1 aromatic heterocycles. The van der Waals surface area contributed by atoms with Crippen molar-refractivity contribution < 1.29 is 9.53 Å². The van der Waals surface area contributed by atoms with Gasteiger partial charge in [-0.3, -0.25) is 9.78 Å². The summed E-state index contributed by atoms with van der Waals surface area (Å²) in [5.74, 6) is 0.743. The van der Waals surface area contributed by atoms with E-state index < -0.39 is 0 Å². The molecule has 1 saturated carbocycles. The highest BCUT2D eigenvalue weighted by Crippen LogP contribution is 2.29. The van der Waals surface area contributed by atoms with E-state index in [0.717, 1.165) is 42.7 Å². The predicted molar refractivity (Wildman–Crippen MR) is 106 cm³/mol. The smallest absolute Gasteiger partial charge is 0.253 e. The van der Waals surface area contributed by atoms with E-state index in [4.69, 9.17) is 10.5 Å². The molecular weight excluding hydrogens is 338 g/mol. The molecule has 1 aromatic carbocycles. The van der Waals surface area contributed by atoms with Gasteiger partial charge in [-0.1, -0.05) is 18.6 Å². The molecule has 1 aliphatic heterocycles. The number of aromatic nitrogens is 1. The summed E-state index contributed by atoms with van der Waals surface area (Å²) < 4.78 is 5.78. The number of rotatable bonds is 6. The zero-order valence-electron chi connectivity index (χ0n) is 15.6. The van der Waals surface area contributed by atoms with E-state index in [1.165, 1.54) is 19.3 Å². The maximum absolute atomic E-state index is 13.2. The molecule has 2 N–H and O–H groups in total. The van der Waals surface area contributed by atoms with Gasteiger partial charge < -0.3 is 15.4 Å². The van der Waals surface area contributed by atoms with Gasteiger partial charge in [-0.15, -0.1) is 0 Å². The maximum Gasteiger partial charge on any atom is 0.253 e. The van der Waals surface area contributed by atoms with Gasteiger partial charge in [0.2, 0.25) is 0 Å². The van der Waals surface area contributed by atoms with Gasteiger partial charge >= 0.3 is 0 Å². The van der Waals surface area contributed by atoms with E-state index in [-0.39, 0.29) is 12.0 Å². The Morgan fingerprint density at radius 1 is 1.11 bits per heavy atom. The number of amides is 1. The molecule has 0 spiro atoms. The minimum Gasteiger partial charge on any atom is -0.398 e. The Bertz CT molecular complexity index is 780. The van der Waals surface area contributed by atoms with Crippen molar-refractivity contribution in [2.24, 2.45) is 5.92 Å². The summed E-state index contributed by atoms with van der Waals surface area (Å²) in [5, 5.41) is 0. The number of nitrogens with zero attached hydrogens (tertiary/aromatic N) is 2. The van der Waals surface area contributed by atoms with Crippen LogP contribution >= 0.6 is 0 Å². The fraction of sp³-hybridized carbons (Fsp3) is 0.455. The lowest BCUT2D eigenvalue weighted by Crippen LogP contribution is -2.41. The normalized spacial score (nSPS) is 19.6. The van der Waals surface area contributed by atoms with Gasteiger partial charge in [-0.25, -0.2) is 0 Å². The van der Waals surface area contributed by atoms with Gasteiger partial charge in [0.1, 0.15) is 0 Å². The molecule has 1 saturated heterocycles. The lowest BCUT2D eigenvalue weighted by Gasteiger charge is -2.33. The van der Waals surface area contributed by atoms with E-state index in [9.17, 15) is 4.79 Å². The lowest BCUT2D eigenvalue weighted by atomic mass is 9.85. The van der Waals surface area contributed by atoms with Crippen molar-refractivity contribution in [3.8, 4) is 11.1 Å². The average molecular weight is 365 g/mol.